The van der Waals surface area contributed by atoms with Gasteiger partial charge in [0, 0.05) is 30.4 Å². The minimum atomic E-state index is 0.118. The lowest BCUT2D eigenvalue weighted by atomic mass is 10.2. The average Bonchev–Trinajstić information content (AvgIpc) is 2.99. The van der Waals surface area contributed by atoms with Gasteiger partial charge in [-0.05, 0) is 30.3 Å². The highest BCUT2D eigenvalue weighted by Gasteiger charge is 2.25. The van der Waals surface area contributed by atoms with E-state index in [1.165, 1.54) is 0 Å². The fraction of sp³-hybridized carbons (Fsp3) is 0.294. The first kappa shape index (κ1) is 14.9. The van der Waals surface area contributed by atoms with E-state index < -0.39 is 0 Å². The summed E-state index contributed by atoms with van der Waals surface area (Å²) in [5.41, 5.74) is 7.49. The van der Waals surface area contributed by atoms with Gasteiger partial charge in [-0.15, -0.1) is 0 Å². The lowest BCUT2D eigenvalue weighted by molar-refractivity contribution is 0.225. The van der Waals surface area contributed by atoms with Crippen molar-refractivity contribution in [1.82, 2.24) is 0 Å². The highest BCUT2D eigenvalue weighted by molar-refractivity contribution is 6.32. The van der Waals surface area contributed by atoms with Gasteiger partial charge < -0.3 is 20.1 Å². The van der Waals surface area contributed by atoms with Crippen molar-refractivity contribution in [1.29, 1.82) is 0 Å². The van der Waals surface area contributed by atoms with E-state index in [1.54, 1.807) is 19.2 Å². The van der Waals surface area contributed by atoms with Gasteiger partial charge >= 0.3 is 0 Å². The maximum Gasteiger partial charge on any atom is 0.138 e. The number of ether oxygens (including phenoxy) is 2. The van der Waals surface area contributed by atoms with E-state index in [9.17, 15) is 0 Å². The van der Waals surface area contributed by atoms with Gasteiger partial charge in [-0.3, -0.25) is 0 Å². The van der Waals surface area contributed by atoms with Crippen LogP contribution in [0.1, 0.15) is 6.42 Å². The molecule has 5 heteroatoms. The highest BCUT2D eigenvalue weighted by Crippen LogP contribution is 2.30. The second-order valence-electron chi connectivity index (χ2n) is 5.37. The molecule has 0 bridgehead atoms. The van der Waals surface area contributed by atoms with Crippen molar-refractivity contribution in [3.05, 3.63) is 47.5 Å². The fourth-order valence-corrected chi connectivity index (χ4v) is 2.89. The monoisotopic (exact) mass is 318 g/mol. The van der Waals surface area contributed by atoms with Crippen LogP contribution in [0.2, 0.25) is 5.02 Å². The Kier molecular flexibility index (Phi) is 4.29. The van der Waals surface area contributed by atoms with Crippen LogP contribution in [-0.4, -0.2) is 26.3 Å². The quantitative estimate of drug-likeness (QED) is 0.875. The Bertz CT molecular complexity index is 663. The van der Waals surface area contributed by atoms with E-state index in [0.717, 1.165) is 30.9 Å². The largest absolute Gasteiger partial charge is 0.497 e. The topological polar surface area (TPSA) is 47.7 Å². The number of nitrogens with zero attached hydrogens (tertiary/aromatic N) is 1. The summed E-state index contributed by atoms with van der Waals surface area (Å²) in [6, 6.07) is 13.4. The Hall–Kier alpha value is -2.07. The first-order valence-corrected chi connectivity index (χ1v) is 7.64. The standard InChI is InChI=1S/C17H19ClN2O2/c1-21-14-4-2-3-13(10-14)20-8-7-15(11-20)22-17-6-5-12(19)9-16(17)18/h2-6,9-10,15H,7-8,11,19H2,1H3. The summed E-state index contributed by atoms with van der Waals surface area (Å²) >= 11 is 6.17. The second kappa shape index (κ2) is 6.36. The van der Waals surface area contributed by atoms with E-state index >= 15 is 0 Å². The lowest BCUT2D eigenvalue weighted by Crippen LogP contribution is -2.24. The molecule has 1 atom stereocenters. The van der Waals surface area contributed by atoms with Gasteiger partial charge in [0.15, 0.2) is 0 Å². The minimum Gasteiger partial charge on any atom is -0.497 e. The van der Waals surface area contributed by atoms with Crippen molar-refractivity contribution in [2.75, 3.05) is 30.8 Å². The second-order valence-corrected chi connectivity index (χ2v) is 5.77. The number of halogens is 1. The van der Waals surface area contributed by atoms with Crippen molar-refractivity contribution >= 4 is 23.0 Å². The van der Waals surface area contributed by atoms with Crippen LogP contribution < -0.4 is 20.1 Å². The number of anilines is 2. The van der Waals surface area contributed by atoms with Gasteiger partial charge in [-0.1, -0.05) is 17.7 Å². The first-order chi connectivity index (χ1) is 10.7. The van der Waals surface area contributed by atoms with Gasteiger partial charge in [0.05, 0.1) is 18.7 Å². The van der Waals surface area contributed by atoms with Crippen LogP contribution in [-0.2, 0) is 0 Å². The molecule has 1 saturated heterocycles. The molecule has 0 spiro atoms. The smallest absolute Gasteiger partial charge is 0.138 e. The summed E-state index contributed by atoms with van der Waals surface area (Å²) in [5, 5.41) is 0.555. The summed E-state index contributed by atoms with van der Waals surface area (Å²) in [6.45, 7) is 1.78. The van der Waals surface area contributed by atoms with Crippen LogP contribution in [0.3, 0.4) is 0 Å². The van der Waals surface area contributed by atoms with Gasteiger partial charge in [0.25, 0.3) is 0 Å². The molecule has 1 aliphatic heterocycles. The summed E-state index contributed by atoms with van der Waals surface area (Å²) in [6.07, 6.45) is 1.07. The first-order valence-electron chi connectivity index (χ1n) is 7.26. The Morgan fingerprint density at radius 1 is 1.23 bits per heavy atom. The third kappa shape index (κ3) is 3.22. The molecule has 22 heavy (non-hydrogen) atoms. The molecule has 3 rings (SSSR count). The van der Waals surface area contributed by atoms with Crippen LogP contribution in [0.5, 0.6) is 11.5 Å². The van der Waals surface area contributed by atoms with Crippen molar-refractivity contribution in [3.8, 4) is 11.5 Å². The van der Waals surface area contributed by atoms with Gasteiger partial charge in [0.2, 0.25) is 0 Å². The molecule has 116 valence electrons. The number of benzene rings is 2. The third-order valence-electron chi connectivity index (χ3n) is 3.81. The third-order valence-corrected chi connectivity index (χ3v) is 4.11. The number of nitrogen functional groups attached to an aromatic ring is 1. The Morgan fingerprint density at radius 2 is 2.09 bits per heavy atom. The number of methoxy groups -OCH3 is 1. The molecule has 0 saturated carbocycles. The zero-order valence-corrected chi connectivity index (χ0v) is 13.2. The van der Waals surface area contributed by atoms with E-state index in [0.29, 0.717) is 16.5 Å². The van der Waals surface area contributed by atoms with Crippen LogP contribution in [0.25, 0.3) is 0 Å². The summed E-state index contributed by atoms with van der Waals surface area (Å²) < 4.78 is 11.3. The van der Waals surface area contributed by atoms with Crippen LogP contribution in [0.4, 0.5) is 11.4 Å². The molecule has 0 aromatic heterocycles. The minimum absolute atomic E-state index is 0.118. The molecule has 4 nitrogen and oxygen atoms in total. The van der Waals surface area contributed by atoms with Crippen molar-refractivity contribution in [3.63, 3.8) is 0 Å². The number of rotatable bonds is 4. The Balaban J connectivity index is 1.67. The van der Waals surface area contributed by atoms with Crippen LogP contribution >= 0.6 is 11.6 Å². The molecular weight excluding hydrogens is 300 g/mol. The van der Waals surface area contributed by atoms with Crippen molar-refractivity contribution in [2.24, 2.45) is 0 Å². The molecular formula is C17H19ClN2O2. The Labute approximate surface area is 135 Å². The van der Waals surface area contributed by atoms with E-state index in [4.69, 9.17) is 26.8 Å². The van der Waals surface area contributed by atoms with Crippen LogP contribution in [0, 0.1) is 0 Å². The maximum atomic E-state index is 6.17. The molecule has 0 aliphatic carbocycles. The summed E-state index contributed by atoms with van der Waals surface area (Å²) in [4.78, 5) is 2.29. The van der Waals surface area contributed by atoms with E-state index in [-0.39, 0.29) is 6.10 Å². The number of nitrogens with two attached hydrogens (primary N) is 1. The number of hydrogen-bond acceptors (Lipinski definition) is 4. The zero-order chi connectivity index (χ0) is 15.5. The van der Waals surface area contributed by atoms with E-state index in [1.807, 2.05) is 24.3 Å². The molecule has 1 aliphatic rings. The van der Waals surface area contributed by atoms with Crippen LogP contribution in [0.15, 0.2) is 42.5 Å². The summed E-state index contributed by atoms with van der Waals surface area (Å²) in [5.74, 6) is 1.55. The average molecular weight is 319 g/mol. The summed E-state index contributed by atoms with van der Waals surface area (Å²) in [7, 11) is 1.68. The highest BCUT2D eigenvalue weighted by atomic mass is 35.5. The maximum absolute atomic E-state index is 6.17. The predicted molar refractivity (Wildman–Crippen MR) is 90.1 cm³/mol. The molecule has 0 radical (unpaired) electrons. The normalized spacial score (nSPS) is 17.5. The Morgan fingerprint density at radius 3 is 2.86 bits per heavy atom. The molecule has 2 aromatic rings. The van der Waals surface area contributed by atoms with Gasteiger partial charge in [0.1, 0.15) is 17.6 Å². The molecule has 2 aromatic carbocycles. The predicted octanol–water partition coefficient (Wildman–Crippen LogP) is 3.59. The SMILES string of the molecule is COc1cccc(N2CCC(Oc3ccc(N)cc3Cl)C2)c1. The molecule has 0 amide bonds. The lowest BCUT2D eigenvalue weighted by Gasteiger charge is -2.20. The molecule has 1 heterocycles. The van der Waals surface area contributed by atoms with Gasteiger partial charge in [-0.2, -0.15) is 0 Å². The van der Waals surface area contributed by atoms with Gasteiger partial charge in [-0.25, -0.2) is 0 Å². The fourth-order valence-electron chi connectivity index (χ4n) is 2.66. The van der Waals surface area contributed by atoms with Crippen molar-refractivity contribution in [2.45, 2.75) is 12.5 Å². The molecule has 1 fully saturated rings. The molecule has 2 N–H and O–H groups in total. The molecule has 1 unspecified atom stereocenters. The van der Waals surface area contributed by atoms with E-state index in [2.05, 4.69) is 11.0 Å². The van der Waals surface area contributed by atoms with Crippen molar-refractivity contribution < 1.29 is 9.47 Å². The zero-order valence-electron chi connectivity index (χ0n) is 12.5. The number of hydrogen-bond donors (Lipinski definition) is 1.